The van der Waals surface area contributed by atoms with Crippen molar-refractivity contribution in [2.24, 2.45) is 0 Å². The van der Waals surface area contributed by atoms with E-state index in [0.717, 1.165) is 39.7 Å². The molecule has 4 rings (SSSR count). The highest BCUT2D eigenvalue weighted by molar-refractivity contribution is 7.89. The van der Waals surface area contributed by atoms with Crippen molar-refractivity contribution in [1.82, 2.24) is 14.6 Å². The molecule has 0 radical (unpaired) electrons. The lowest BCUT2D eigenvalue weighted by Crippen LogP contribution is -2.35. The van der Waals surface area contributed by atoms with E-state index in [0.29, 0.717) is 25.2 Å². The largest absolute Gasteiger partial charge is 0.347 e. The molecule has 0 unspecified atom stereocenters. The van der Waals surface area contributed by atoms with Crippen LogP contribution in [0.4, 0.5) is 0 Å². The fourth-order valence-electron chi connectivity index (χ4n) is 3.39. The Morgan fingerprint density at radius 1 is 1.10 bits per heavy atom. The zero-order valence-electron chi connectivity index (χ0n) is 16.6. The van der Waals surface area contributed by atoms with E-state index < -0.39 is 10.0 Å². The summed E-state index contributed by atoms with van der Waals surface area (Å²) in [4.78, 5) is 19.3. The Labute approximate surface area is 184 Å². The van der Waals surface area contributed by atoms with Gasteiger partial charge >= 0.3 is 0 Å². The Morgan fingerprint density at radius 3 is 2.50 bits per heavy atom. The lowest BCUT2D eigenvalue weighted by Gasteiger charge is -2.25. The van der Waals surface area contributed by atoms with Gasteiger partial charge in [-0.3, -0.25) is 4.79 Å². The minimum absolute atomic E-state index is 0.226. The molecule has 0 spiro atoms. The first-order valence-corrected chi connectivity index (χ1v) is 13.0. The number of thiophene rings is 1. The van der Waals surface area contributed by atoms with Crippen LogP contribution in [0, 0.1) is 6.92 Å². The van der Waals surface area contributed by atoms with Gasteiger partial charge in [-0.15, -0.1) is 22.7 Å². The molecule has 0 aliphatic carbocycles. The summed E-state index contributed by atoms with van der Waals surface area (Å²) in [6.45, 7) is 3.52. The first-order valence-electron chi connectivity index (χ1n) is 9.83. The molecule has 6 nitrogen and oxygen atoms in total. The van der Waals surface area contributed by atoms with E-state index in [1.807, 2.05) is 24.4 Å². The number of benzene rings is 1. The van der Waals surface area contributed by atoms with Crippen LogP contribution in [0.15, 0.2) is 46.7 Å². The molecule has 30 heavy (non-hydrogen) atoms. The number of aryl methyl sites for hydroxylation is 1. The van der Waals surface area contributed by atoms with Gasteiger partial charge in [0, 0.05) is 28.9 Å². The third-order valence-electron chi connectivity index (χ3n) is 5.03. The van der Waals surface area contributed by atoms with E-state index in [4.69, 9.17) is 0 Å². The first kappa shape index (κ1) is 21.2. The number of amides is 1. The Balaban J connectivity index is 1.38. The second-order valence-corrected chi connectivity index (χ2v) is 11.4. The molecule has 9 heteroatoms. The van der Waals surface area contributed by atoms with E-state index >= 15 is 0 Å². The van der Waals surface area contributed by atoms with Crippen LogP contribution in [0.25, 0.3) is 10.6 Å². The standard InChI is InChI=1S/C21H23N3O3S3/c1-15-23-19(14-28-15)20-10-7-17(29-20)13-22-21(25)16-5-8-18(9-6-16)30(26,27)24-11-3-2-4-12-24/h5-10,14H,2-4,11-13H2,1H3,(H,22,25). The smallest absolute Gasteiger partial charge is 0.251 e. The number of carbonyl (C=O) groups excluding carboxylic acids is 1. The molecule has 1 N–H and O–H groups in total. The SMILES string of the molecule is Cc1nc(-c2ccc(CNC(=O)c3ccc(S(=O)(=O)N4CCCCC4)cc3)s2)cs1. The molecule has 0 atom stereocenters. The average Bonchev–Trinajstić information content (AvgIpc) is 3.41. The Kier molecular flexibility index (Phi) is 6.33. The quantitative estimate of drug-likeness (QED) is 0.594. The maximum absolute atomic E-state index is 12.7. The Hall–Kier alpha value is -2.07. The lowest BCUT2D eigenvalue weighted by atomic mass is 10.2. The van der Waals surface area contributed by atoms with Crippen molar-refractivity contribution >= 4 is 38.6 Å². The fraction of sp³-hybridized carbons (Fsp3) is 0.333. The van der Waals surface area contributed by atoms with Crippen molar-refractivity contribution in [2.75, 3.05) is 13.1 Å². The minimum atomic E-state index is -3.48. The van der Waals surface area contributed by atoms with Gasteiger partial charge in [0.1, 0.15) is 0 Å². The van der Waals surface area contributed by atoms with Gasteiger partial charge in [0.15, 0.2) is 0 Å². The molecule has 0 saturated carbocycles. The predicted molar refractivity (Wildman–Crippen MR) is 120 cm³/mol. The van der Waals surface area contributed by atoms with Crippen LogP contribution in [-0.4, -0.2) is 36.7 Å². The summed E-state index contributed by atoms with van der Waals surface area (Å²) >= 11 is 3.22. The van der Waals surface area contributed by atoms with Crippen LogP contribution in [0.5, 0.6) is 0 Å². The summed E-state index contributed by atoms with van der Waals surface area (Å²) in [5.41, 5.74) is 1.41. The average molecular weight is 462 g/mol. The maximum Gasteiger partial charge on any atom is 0.251 e. The molecule has 158 valence electrons. The molecule has 2 aromatic heterocycles. The third-order valence-corrected chi connectivity index (χ3v) is 8.82. The Morgan fingerprint density at radius 2 is 1.83 bits per heavy atom. The van der Waals surface area contributed by atoms with E-state index in [1.165, 1.54) is 16.4 Å². The van der Waals surface area contributed by atoms with Gasteiger partial charge in [-0.05, 0) is 56.2 Å². The Bertz CT molecular complexity index is 1130. The van der Waals surface area contributed by atoms with Crippen LogP contribution in [0.3, 0.4) is 0 Å². The number of rotatable bonds is 6. The van der Waals surface area contributed by atoms with Crippen LogP contribution >= 0.6 is 22.7 Å². The molecular weight excluding hydrogens is 438 g/mol. The first-order chi connectivity index (χ1) is 14.4. The minimum Gasteiger partial charge on any atom is -0.347 e. The number of thiazole rings is 1. The molecule has 0 bridgehead atoms. The molecule has 3 aromatic rings. The van der Waals surface area contributed by atoms with Gasteiger partial charge in [-0.25, -0.2) is 13.4 Å². The highest BCUT2D eigenvalue weighted by Gasteiger charge is 2.25. The zero-order valence-corrected chi connectivity index (χ0v) is 19.1. The monoisotopic (exact) mass is 461 g/mol. The molecule has 1 saturated heterocycles. The fourth-order valence-corrected chi connectivity index (χ4v) is 6.50. The highest BCUT2D eigenvalue weighted by atomic mass is 32.2. The molecule has 1 amide bonds. The van der Waals surface area contributed by atoms with Gasteiger partial charge in [0.2, 0.25) is 10.0 Å². The second kappa shape index (κ2) is 8.97. The van der Waals surface area contributed by atoms with Gasteiger partial charge in [-0.1, -0.05) is 6.42 Å². The lowest BCUT2D eigenvalue weighted by molar-refractivity contribution is 0.0951. The normalized spacial score (nSPS) is 15.2. The van der Waals surface area contributed by atoms with Crippen LogP contribution in [-0.2, 0) is 16.6 Å². The van der Waals surface area contributed by atoms with Crippen LogP contribution < -0.4 is 5.32 Å². The number of hydrogen-bond donors (Lipinski definition) is 1. The molecule has 1 aromatic carbocycles. The van der Waals surface area contributed by atoms with Crippen molar-refractivity contribution < 1.29 is 13.2 Å². The van der Waals surface area contributed by atoms with E-state index in [2.05, 4.69) is 10.3 Å². The van der Waals surface area contributed by atoms with Crippen molar-refractivity contribution in [3.63, 3.8) is 0 Å². The summed E-state index contributed by atoms with van der Waals surface area (Å²) in [5.74, 6) is -0.226. The summed E-state index contributed by atoms with van der Waals surface area (Å²) in [7, 11) is -3.48. The predicted octanol–water partition coefficient (Wildman–Crippen LogP) is 4.28. The molecule has 1 fully saturated rings. The zero-order chi connectivity index (χ0) is 21.1. The van der Waals surface area contributed by atoms with Gasteiger partial charge in [0.05, 0.1) is 27.0 Å². The summed E-state index contributed by atoms with van der Waals surface area (Å²) in [5, 5.41) is 5.96. The summed E-state index contributed by atoms with van der Waals surface area (Å²) in [6.07, 6.45) is 2.86. The second-order valence-electron chi connectivity index (χ2n) is 7.19. The van der Waals surface area contributed by atoms with Crippen molar-refractivity contribution in [1.29, 1.82) is 0 Å². The topological polar surface area (TPSA) is 79.4 Å². The molecule has 1 aliphatic heterocycles. The van der Waals surface area contributed by atoms with Gasteiger partial charge < -0.3 is 5.32 Å². The van der Waals surface area contributed by atoms with E-state index in [1.54, 1.807) is 34.8 Å². The van der Waals surface area contributed by atoms with Crippen LogP contribution in [0.2, 0.25) is 0 Å². The summed E-state index contributed by atoms with van der Waals surface area (Å²) < 4.78 is 27.0. The molecule has 3 heterocycles. The van der Waals surface area contributed by atoms with Crippen molar-refractivity contribution in [3.05, 3.63) is 57.2 Å². The van der Waals surface area contributed by atoms with E-state index in [9.17, 15) is 13.2 Å². The number of aromatic nitrogens is 1. The number of piperidine rings is 1. The third kappa shape index (κ3) is 4.64. The number of nitrogens with zero attached hydrogens (tertiary/aromatic N) is 2. The van der Waals surface area contributed by atoms with Crippen LogP contribution in [0.1, 0.15) is 39.5 Å². The number of carbonyl (C=O) groups is 1. The molecular formula is C21H23N3O3S3. The van der Waals surface area contributed by atoms with Crippen molar-refractivity contribution in [2.45, 2.75) is 37.6 Å². The van der Waals surface area contributed by atoms with E-state index in [-0.39, 0.29) is 10.8 Å². The highest BCUT2D eigenvalue weighted by Crippen LogP contribution is 2.29. The summed E-state index contributed by atoms with van der Waals surface area (Å²) in [6, 6.07) is 10.2. The van der Waals surface area contributed by atoms with Gasteiger partial charge in [-0.2, -0.15) is 4.31 Å². The number of nitrogens with one attached hydrogen (secondary N) is 1. The number of sulfonamides is 1. The maximum atomic E-state index is 12.7. The molecule has 1 aliphatic rings. The van der Waals surface area contributed by atoms with Gasteiger partial charge in [0.25, 0.3) is 5.91 Å². The number of hydrogen-bond acceptors (Lipinski definition) is 6. The van der Waals surface area contributed by atoms with Crippen molar-refractivity contribution in [3.8, 4) is 10.6 Å².